The third-order valence-corrected chi connectivity index (χ3v) is 6.19. The third-order valence-electron chi connectivity index (χ3n) is 6.19. The van der Waals surface area contributed by atoms with Crippen LogP contribution in [0.5, 0.6) is 0 Å². The van der Waals surface area contributed by atoms with E-state index >= 15 is 0 Å². The number of piperidine rings is 1. The van der Waals surface area contributed by atoms with Crippen LogP contribution in [0.4, 0.5) is 0 Å². The summed E-state index contributed by atoms with van der Waals surface area (Å²) >= 11 is 0. The zero-order valence-electron chi connectivity index (χ0n) is 17.2. The van der Waals surface area contributed by atoms with E-state index in [0.29, 0.717) is 18.1 Å². The fourth-order valence-electron chi connectivity index (χ4n) is 4.55. The standard InChI is InChI=1S/C21H31N5O2/c1-4-7-20(27)25-10-6-5-8-18(25)16-12-19-22-17-13-24(14(2)3)11-9-15(17)21(28)26(19)23-16/h12,14,18,23H,4-11,13H2,1-3H3/t18-/m1/s1. The zero-order chi connectivity index (χ0) is 19.8. The first-order valence-electron chi connectivity index (χ1n) is 10.7. The van der Waals surface area contributed by atoms with Crippen molar-refractivity contribution >= 4 is 11.6 Å². The molecular weight excluding hydrogens is 354 g/mol. The maximum absolute atomic E-state index is 13.1. The second-order valence-corrected chi connectivity index (χ2v) is 8.41. The topological polar surface area (TPSA) is 73.7 Å². The highest BCUT2D eigenvalue weighted by Gasteiger charge is 2.30. The molecule has 1 fully saturated rings. The van der Waals surface area contributed by atoms with Crippen LogP contribution in [0.2, 0.25) is 0 Å². The highest BCUT2D eigenvalue weighted by molar-refractivity contribution is 5.76. The molecule has 0 radical (unpaired) electrons. The van der Waals surface area contributed by atoms with Crippen LogP contribution in [0.1, 0.15) is 75.9 Å². The summed E-state index contributed by atoms with van der Waals surface area (Å²) in [5, 5.41) is 3.28. The molecule has 0 aliphatic carbocycles. The fourth-order valence-corrected chi connectivity index (χ4v) is 4.55. The van der Waals surface area contributed by atoms with Gasteiger partial charge >= 0.3 is 0 Å². The number of carbonyl (C=O) groups is 1. The van der Waals surface area contributed by atoms with E-state index in [1.807, 2.05) is 17.9 Å². The number of hydrogen-bond donors (Lipinski definition) is 1. The van der Waals surface area contributed by atoms with Gasteiger partial charge in [0.1, 0.15) is 0 Å². The molecule has 152 valence electrons. The normalized spacial score (nSPS) is 20.7. The molecule has 4 heterocycles. The number of H-pyrrole nitrogens is 1. The van der Waals surface area contributed by atoms with E-state index in [9.17, 15) is 9.59 Å². The lowest BCUT2D eigenvalue weighted by Gasteiger charge is -2.35. The first kappa shape index (κ1) is 19.2. The molecule has 1 amide bonds. The molecule has 2 aliphatic heterocycles. The number of nitrogens with one attached hydrogen (secondary N) is 1. The predicted molar refractivity (Wildman–Crippen MR) is 108 cm³/mol. The van der Waals surface area contributed by atoms with Gasteiger partial charge in [-0.05, 0) is 46.0 Å². The molecular formula is C21H31N5O2. The van der Waals surface area contributed by atoms with Gasteiger partial charge in [-0.3, -0.25) is 19.6 Å². The van der Waals surface area contributed by atoms with Crippen LogP contribution in [0.3, 0.4) is 0 Å². The summed E-state index contributed by atoms with van der Waals surface area (Å²) in [4.78, 5) is 34.8. The lowest BCUT2D eigenvalue weighted by molar-refractivity contribution is -0.135. The maximum atomic E-state index is 13.1. The van der Waals surface area contributed by atoms with E-state index < -0.39 is 0 Å². The Morgan fingerprint density at radius 1 is 1.32 bits per heavy atom. The minimum Gasteiger partial charge on any atom is -0.334 e. The molecule has 7 nitrogen and oxygen atoms in total. The number of aromatic nitrogens is 3. The van der Waals surface area contributed by atoms with Crippen LogP contribution in [0.15, 0.2) is 10.9 Å². The number of nitrogens with zero attached hydrogens (tertiary/aromatic N) is 4. The molecule has 1 saturated heterocycles. The van der Waals surface area contributed by atoms with E-state index in [1.165, 1.54) is 0 Å². The molecule has 2 aliphatic rings. The van der Waals surface area contributed by atoms with Crippen molar-refractivity contribution in [2.75, 3.05) is 13.1 Å². The Morgan fingerprint density at radius 3 is 2.89 bits per heavy atom. The van der Waals surface area contributed by atoms with Crippen LogP contribution >= 0.6 is 0 Å². The molecule has 1 N–H and O–H groups in total. The number of amides is 1. The van der Waals surface area contributed by atoms with Crippen LogP contribution < -0.4 is 5.56 Å². The number of likely N-dealkylation sites (tertiary alicyclic amines) is 1. The van der Waals surface area contributed by atoms with Crippen molar-refractivity contribution in [3.8, 4) is 0 Å². The number of carbonyl (C=O) groups excluding carboxylic acids is 1. The Labute approximate surface area is 165 Å². The second kappa shape index (κ2) is 7.70. The smallest absolute Gasteiger partial charge is 0.276 e. The molecule has 0 unspecified atom stereocenters. The Kier molecular flexibility index (Phi) is 5.27. The van der Waals surface area contributed by atoms with Gasteiger partial charge in [0.2, 0.25) is 5.91 Å². The predicted octanol–water partition coefficient (Wildman–Crippen LogP) is 2.64. The second-order valence-electron chi connectivity index (χ2n) is 8.41. The molecule has 1 atom stereocenters. The molecule has 4 rings (SSSR count). The molecule has 0 saturated carbocycles. The van der Waals surface area contributed by atoms with Crippen LogP contribution in [0, 0.1) is 0 Å². The van der Waals surface area contributed by atoms with Crippen molar-refractivity contribution < 1.29 is 4.79 Å². The highest BCUT2D eigenvalue weighted by atomic mass is 16.2. The lowest BCUT2D eigenvalue weighted by Crippen LogP contribution is -2.40. The number of aromatic amines is 1. The van der Waals surface area contributed by atoms with E-state index in [-0.39, 0.29) is 17.5 Å². The van der Waals surface area contributed by atoms with E-state index in [4.69, 9.17) is 4.98 Å². The van der Waals surface area contributed by atoms with Crippen molar-refractivity contribution in [3.05, 3.63) is 33.4 Å². The van der Waals surface area contributed by atoms with Crippen LogP contribution in [-0.4, -0.2) is 49.4 Å². The van der Waals surface area contributed by atoms with Crippen molar-refractivity contribution in [3.63, 3.8) is 0 Å². The van der Waals surface area contributed by atoms with Crippen LogP contribution in [-0.2, 0) is 17.8 Å². The van der Waals surface area contributed by atoms with Gasteiger partial charge < -0.3 is 4.90 Å². The van der Waals surface area contributed by atoms with Gasteiger partial charge in [0.15, 0.2) is 5.65 Å². The van der Waals surface area contributed by atoms with Gasteiger partial charge in [-0.2, -0.15) is 0 Å². The SMILES string of the molecule is CCCC(=O)N1CCCC[C@@H]1c1cc2nc3c(c(=O)n2[nH]1)CCN(C(C)C)C3. The molecule has 2 aromatic rings. The molecule has 0 aromatic carbocycles. The number of fused-ring (bicyclic) bond motifs is 2. The summed E-state index contributed by atoms with van der Waals surface area (Å²) in [5.41, 5.74) is 3.33. The summed E-state index contributed by atoms with van der Waals surface area (Å²) in [5.74, 6) is 0.207. The van der Waals surface area contributed by atoms with Crippen molar-refractivity contribution in [1.29, 1.82) is 0 Å². The van der Waals surface area contributed by atoms with Crippen LogP contribution in [0.25, 0.3) is 5.65 Å². The van der Waals surface area contributed by atoms with Crippen molar-refractivity contribution in [1.82, 2.24) is 24.4 Å². The lowest BCUT2D eigenvalue weighted by atomic mass is 9.98. The van der Waals surface area contributed by atoms with Gasteiger partial charge in [0.05, 0.1) is 17.4 Å². The molecule has 28 heavy (non-hydrogen) atoms. The van der Waals surface area contributed by atoms with Gasteiger partial charge in [-0.25, -0.2) is 9.50 Å². The monoisotopic (exact) mass is 385 g/mol. The Bertz CT molecular complexity index is 929. The Balaban J connectivity index is 1.71. The Morgan fingerprint density at radius 2 is 2.14 bits per heavy atom. The minimum absolute atomic E-state index is 0.0110. The molecule has 0 bridgehead atoms. The molecule has 2 aromatic heterocycles. The molecule has 0 spiro atoms. The number of hydrogen-bond acceptors (Lipinski definition) is 4. The largest absolute Gasteiger partial charge is 0.334 e. The van der Waals surface area contributed by atoms with Gasteiger partial charge in [0.25, 0.3) is 5.56 Å². The maximum Gasteiger partial charge on any atom is 0.276 e. The van der Waals surface area contributed by atoms with E-state index in [0.717, 1.165) is 68.7 Å². The number of rotatable bonds is 4. The summed E-state index contributed by atoms with van der Waals surface area (Å²) in [7, 11) is 0. The summed E-state index contributed by atoms with van der Waals surface area (Å²) in [6.45, 7) is 8.80. The van der Waals surface area contributed by atoms with Gasteiger partial charge in [-0.1, -0.05) is 6.92 Å². The summed E-state index contributed by atoms with van der Waals surface area (Å²) in [6, 6.07) is 2.42. The van der Waals surface area contributed by atoms with E-state index in [2.05, 4.69) is 23.8 Å². The first-order valence-corrected chi connectivity index (χ1v) is 10.7. The van der Waals surface area contributed by atoms with E-state index in [1.54, 1.807) is 4.52 Å². The first-order chi connectivity index (χ1) is 13.5. The zero-order valence-corrected chi connectivity index (χ0v) is 17.2. The minimum atomic E-state index is 0.0110. The third kappa shape index (κ3) is 3.36. The van der Waals surface area contributed by atoms with Gasteiger partial charge in [-0.15, -0.1) is 0 Å². The summed E-state index contributed by atoms with van der Waals surface area (Å²) in [6.07, 6.45) is 5.24. The van der Waals surface area contributed by atoms with Gasteiger partial charge in [0, 0.05) is 43.7 Å². The fraction of sp³-hybridized carbons (Fsp3) is 0.667. The Hall–Kier alpha value is -2.15. The average molecular weight is 386 g/mol. The average Bonchev–Trinajstić information content (AvgIpc) is 3.12. The summed E-state index contributed by atoms with van der Waals surface area (Å²) < 4.78 is 1.58. The molecule has 7 heteroatoms. The highest BCUT2D eigenvalue weighted by Crippen LogP contribution is 2.31. The van der Waals surface area contributed by atoms with Crippen molar-refractivity contribution in [2.24, 2.45) is 0 Å². The van der Waals surface area contributed by atoms with Crippen molar-refractivity contribution in [2.45, 2.75) is 77.9 Å². The quantitative estimate of drug-likeness (QED) is 0.878.